The van der Waals surface area contributed by atoms with Crippen LogP contribution in [0.3, 0.4) is 0 Å². The van der Waals surface area contributed by atoms with E-state index in [-0.39, 0.29) is 12.2 Å². The minimum absolute atomic E-state index is 0.0680. The van der Waals surface area contributed by atoms with Crippen LogP contribution in [0.1, 0.15) is 17.3 Å². The quantitative estimate of drug-likeness (QED) is 0.830. The number of hydrogen-bond acceptors (Lipinski definition) is 4. The van der Waals surface area contributed by atoms with Crippen LogP contribution in [0, 0.1) is 11.6 Å². The summed E-state index contributed by atoms with van der Waals surface area (Å²) >= 11 is 0. The molecular formula is C18H16F2N2O4. The topological polar surface area (TPSA) is 75.7 Å². The van der Waals surface area contributed by atoms with Gasteiger partial charge in [-0.05, 0) is 36.4 Å². The van der Waals surface area contributed by atoms with Gasteiger partial charge in [0.15, 0.2) is 11.6 Å². The number of nitrogens with zero attached hydrogens (tertiary/aromatic N) is 1. The van der Waals surface area contributed by atoms with Gasteiger partial charge in [0.25, 0.3) is 0 Å². The van der Waals surface area contributed by atoms with Gasteiger partial charge in [0.2, 0.25) is 11.8 Å². The van der Waals surface area contributed by atoms with E-state index < -0.39 is 29.4 Å². The van der Waals surface area contributed by atoms with Gasteiger partial charge >= 0.3 is 5.97 Å². The highest BCUT2D eigenvalue weighted by Gasteiger charge is 2.17. The van der Waals surface area contributed by atoms with Gasteiger partial charge < -0.3 is 15.0 Å². The van der Waals surface area contributed by atoms with Crippen LogP contribution in [0.25, 0.3) is 0 Å². The molecule has 1 N–H and O–H groups in total. The summed E-state index contributed by atoms with van der Waals surface area (Å²) in [5.74, 6) is -3.65. The molecule has 0 fully saturated rings. The Morgan fingerprint density at radius 2 is 1.69 bits per heavy atom. The molecule has 2 aromatic carbocycles. The van der Waals surface area contributed by atoms with Gasteiger partial charge in [-0.3, -0.25) is 9.59 Å². The third-order valence-electron chi connectivity index (χ3n) is 3.49. The fourth-order valence-corrected chi connectivity index (χ4v) is 2.20. The van der Waals surface area contributed by atoms with Crippen molar-refractivity contribution in [2.75, 3.05) is 23.9 Å². The van der Waals surface area contributed by atoms with Crippen molar-refractivity contribution >= 4 is 29.2 Å². The fourth-order valence-electron chi connectivity index (χ4n) is 2.20. The van der Waals surface area contributed by atoms with E-state index in [1.807, 2.05) is 0 Å². The number of amides is 2. The second kappa shape index (κ2) is 8.19. The smallest absolute Gasteiger partial charge is 0.337 e. The third-order valence-corrected chi connectivity index (χ3v) is 3.49. The van der Waals surface area contributed by atoms with E-state index in [1.165, 1.54) is 49.3 Å². The maximum Gasteiger partial charge on any atom is 0.337 e. The highest BCUT2D eigenvalue weighted by atomic mass is 19.2. The molecule has 0 atom stereocenters. The first kappa shape index (κ1) is 19.0. The SMILES string of the molecule is COC(=O)c1ccc(N(CC(=O)Nc2ccc(F)c(F)c2)C(C)=O)cc1. The van der Waals surface area contributed by atoms with Crippen molar-refractivity contribution in [3.8, 4) is 0 Å². The first-order valence-electron chi connectivity index (χ1n) is 7.53. The van der Waals surface area contributed by atoms with Gasteiger partial charge in [0.05, 0.1) is 12.7 Å². The molecule has 0 aromatic heterocycles. The number of rotatable bonds is 5. The van der Waals surface area contributed by atoms with Crippen LogP contribution in [-0.4, -0.2) is 31.4 Å². The predicted molar refractivity (Wildman–Crippen MR) is 90.8 cm³/mol. The fraction of sp³-hybridized carbons (Fsp3) is 0.167. The minimum atomic E-state index is -1.09. The van der Waals surface area contributed by atoms with E-state index in [0.717, 1.165) is 12.1 Å². The molecule has 0 unspecified atom stereocenters. The van der Waals surface area contributed by atoms with E-state index in [9.17, 15) is 23.2 Å². The Kier molecular flexibility index (Phi) is 6.00. The number of methoxy groups -OCH3 is 1. The Balaban J connectivity index is 2.12. The second-order valence-corrected chi connectivity index (χ2v) is 5.32. The lowest BCUT2D eigenvalue weighted by Crippen LogP contribution is -2.36. The Morgan fingerprint density at radius 1 is 1.04 bits per heavy atom. The van der Waals surface area contributed by atoms with Crippen LogP contribution in [-0.2, 0) is 14.3 Å². The normalized spacial score (nSPS) is 10.2. The molecule has 0 aliphatic heterocycles. The lowest BCUT2D eigenvalue weighted by atomic mass is 10.2. The zero-order valence-electron chi connectivity index (χ0n) is 14.1. The van der Waals surface area contributed by atoms with Crippen LogP contribution < -0.4 is 10.2 Å². The van der Waals surface area contributed by atoms with E-state index in [0.29, 0.717) is 11.3 Å². The molecule has 6 nitrogen and oxygen atoms in total. The standard InChI is InChI=1S/C18H16F2N2O4/c1-11(23)22(14-6-3-12(4-7-14)18(25)26-2)10-17(24)21-13-5-8-15(19)16(20)9-13/h3-9H,10H2,1-2H3,(H,21,24). The number of carbonyl (C=O) groups excluding carboxylic acids is 3. The third kappa shape index (κ3) is 4.62. The average molecular weight is 362 g/mol. The highest BCUT2D eigenvalue weighted by molar-refractivity contribution is 6.02. The van der Waals surface area contributed by atoms with Crippen LogP contribution in [0.2, 0.25) is 0 Å². The van der Waals surface area contributed by atoms with Gasteiger partial charge in [0.1, 0.15) is 6.54 Å². The van der Waals surface area contributed by atoms with Gasteiger partial charge in [-0.1, -0.05) is 0 Å². The lowest BCUT2D eigenvalue weighted by Gasteiger charge is -2.21. The van der Waals surface area contributed by atoms with E-state index in [4.69, 9.17) is 0 Å². The molecule has 136 valence electrons. The van der Waals surface area contributed by atoms with Crippen LogP contribution in [0.4, 0.5) is 20.2 Å². The summed E-state index contributed by atoms with van der Waals surface area (Å²) in [6.45, 7) is 0.935. The molecule has 0 saturated heterocycles. The van der Waals surface area contributed by atoms with Gasteiger partial charge in [-0.15, -0.1) is 0 Å². The first-order chi connectivity index (χ1) is 12.3. The second-order valence-electron chi connectivity index (χ2n) is 5.32. The van der Waals surface area contributed by atoms with Crippen molar-refractivity contribution in [3.63, 3.8) is 0 Å². The maximum atomic E-state index is 13.2. The number of anilines is 2. The molecular weight excluding hydrogens is 346 g/mol. The molecule has 2 amide bonds. The average Bonchev–Trinajstić information content (AvgIpc) is 2.62. The number of hydrogen-bond donors (Lipinski definition) is 1. The lowest BCUT2D eigenvalue weighted by molar-refractivity contribution is -0.120. The molecule has 2 aromatic rings. The highest BCUT2D eigenvalue weighted by Crippen LogP contribution is 2.17. The summed E-state index contributed by atoms with van der Waals surface area (Å²) in [5, 5.41) is 2.39. The number of carbonyl (C=O) groups is 3. The number of nitrogens with one attached hydrogen (secondary N) is 1. The van der Waals surface area contributed by atoms with Crippen LogP contribution in [0.5, 0.6) is 0 Å². The minimum Gasteiger partial charge on any atom is -0.465 e. The maximum absolute atomic E-state index is 13.2. The Morgan fingerprint density at radius 3 is 2.23 bits per heavy atom. The van der Waals surface area contributed by atoms with Crippen molar-refractivity contribution in [1.82, 2.24) is 0 Å². The van der Waals surface area contributed by atoms with Gasteiger partial charge in [-0.25, -0.2) is 13.6 Å². The Bertz CT molecular complexity index is 838. The molecule has 0 aliphatic rings. The molecule has 8 heteroatoms. The van der Waals surface area contributed by atoms with Crippen molar-refractivity contribution < 1.29 is 27.9 Å². The summed E-state index contributed by atoms with van der Waals surface area (Å²) in [4.78, 5) is 36.6. The van der Waals surface area contributed by atoms with E-state index in [2.05, 4.69) is 10.1 Å². The largest absolute Gasteiger partial charge is 0.465 e. The number of halogens is 2. The Labute approximate surface area is 148 Å². The van der Waals surface area contributed by atoms with Crippen LogP contribution in [0.15, 0.2) is 42.5 Å². The molecule has 0 bridgehead atoms. The number of ether oxygens (including phenoxy) is 1. The molecule has 0 heterocycles. The summed E-state index contributed by atoms with van der Waals surface area (Å²) in [5.41, 5.74) is 0.759. The first-order valence-corrected chi connectivity index (χ1v) is 7.53. The van der Waals surface area contributed by atoms with Crippen molar-refractivity contribution in [1.29, 1.82) is 0 Å². The molecule has 0 aliphatic carbocycles. The number of esters is 1. The predicted octanol–water partition coefficient (Wildman–Crippen LogP) is 2.74. The monoisotopic (exact) mass is 362 g/mol. The summed E-state index contributed by atoms with van der Waals surface area (Å²) in [6.07, 6.45) is 0. The van der Waals surface area contributed by atoms with Crippen molar-refractivity contribution in [2.24, 2.45) is 0 Å². The zero-order chi connectivity index (χ0) is 19.3. The number of benzene rings is 2. The zero-order valence-corrected chi connectivity index (χ0v) is 14.1. The molecule has 0 saturated carbocycles. The molecule has 26 heavy (non-hydrogen) atoms. The van der Waals surface area contributed by atoms with Gasteiger partial charge in [-0.2, -0.15) is 0 Å². The molecule has 0 radical (unpaired) electrons. The Hall–Kier alpha value is -3.29. The molecule has 2 rings (SSSR count). The molecule has 0 spiro atoms. The summed E-state index contributed by atoms with van der Waals surface area (Å²) in [6, 6.07) is 8.86. The van der Waals surface area contributed by atoms with E-state index >= 15 is 0 Å². The van der Waals surface area contributed by atoms with Crippen molar-refractivity contribution in [2.45, 2.75) is 6.92 Å². The van der Waals surface area contributed by atoms with E-state index in [1.54, 1.807) is 0 Å². The summed E-state index contributed by atoms with van der Waals surface area (Å²) in [7, 11) is 1.25. The van der Waals surface area contributed by atoms with Crippen LogP contribution >= 0.6 is 0 Å². The van der Waals surface area contributed by atoms with Crippen molar-refractivity contribution in [3.05, 3.63) is 59.7 Å². The van der Waals surface area contributed by atoms with Gasteiger partial charge in [0, 0.05) is 24.4 Å². The summed E-state index contributed by atoms with van der Waals surface area (Å²) < 4.78 is 30.7.